The topological polar surface area (TPSA) is 56.8 Å². The molecule has 0 aromatic heterocycles. The van der Waals surface area contributed by atoms with Gasteiger partial charge in [-0.05, 0) is 30.7 Å². The zero-order chi connectivity index (χ0) is 17.7. The molecule has 0 saturated heterocycles. The van der Waals surface area contributed by atoms with Crippen LogP contribution < -0.4 is 19.5 Å². The van der Waals surface area contributed by atoms with Crippen molar-refractivity contribution in [2.24, 2.45) is 0 Å². The molecule has 1 N–H and O–H groups in total. The van der Waals surface area contributed by atoms with Crippen molar-refractivity contribution in [3.05, 3.63) is 45.9 Å². The van der Waals surface area contributed by atoms with Gasteiger partial charge in [-0.1, -0.05) is 23.2 Å². The van der Waals surface area contributed by atoms with Crippen LogP contribution >= 0.6 is 23.2 Å². The number of benzene rings is 2. The molecule has 0 spiro atoms. The highest BCUT2D eigenvalue weighted by Crippen LogP contribution is 2.33. The predicted octanol–water partition coefficient (Wildman–Crippen LogP) is 4.34. The SMILES string of the molecule is COc1cc(C)c(NC(=O)COc2cc(Cl)ccc2Cl)cc1OC. The lowest BCUT2D eigenvalue weighted by Crippen LogP contribution is -2.20. The molecule has 2 aromatic carbocycles. The third kappa shape index (κ3) is 4.46. The smallest absolute Gasteiger partial charge is 0.262 e. The lowest BCUT2D eigenvalue weighted by atomic mass is 10.1. The number of carbonyl (C=O) groups is 1. The van der Waals surface area contributed by atoms with Gasteiger partial charge in [-0.2, -0.15) is 0 Å². The fourth-order valence-electron chi connectivity index (χ4n) is 2.03. The summed E-state index contributed by atoms with van der Waals surface area (Å²) in [6.07, 6.45) is 0. The molecular formula is C17H17Cl2NO4. The first-order valence-corrected chi connectivity index (χ1v) is 7.80. The van der Waals surface area contributed by atoms with Gasteiger partial charge < -0.3 is 19.5 Å². The first kappa shape index (κ1) is 18.2. The van der Waals surface area contributed by atoms with E-state index in [9.17, 15) is 4.79 Å². The molecule has 5 nitrogen and oxygen atoms in total. The summed E-state index contributed by atoms with van der Waals surface area (Å²) in [5, 5.41) is 3.63. The van der Waals surface area contributed by atoms with Crippen molar-refractivity contribution < 1.29 is 19.0 Å². The minimum absolute atomic E-state index is 0.201. The number of nitrogens with one attached hydrogen (secondary N) is 1. The molecule has 128 valence electrons. The molecule has 2 aromatic rings. The highest BCUT2D eigenvalue weighted by atomic mass is 35.5. The Kier molecular flexibility index (Phi) is 6.17. The summed E-state index contributed by atoms with van der Waals surface area (Å²) in [6, 6.07) is 8.28. The monoisotopic (exact) mass is 369 g/mol. The van der Waals surface area contributed by atoms with Gasteiger partial charge in [0.05, 0.1) is 19.2 Å². The zero-order valence-corrected chi connectivity index (χ0v) is 15.0. The predicted molar refractivity (Wildman–Crippen MR) is 94.9 cm³/mol. The van der Waals surface area contributed by atoms with E-state index in [4.69, 9.17) is 37.4 Å². The van der Waals surface area contributed by atoms with Gasteiger partial charge in [-0.15, -0.1) is 0 Å². The van der Waals surface area contributed by atoms with Gasteiger partial charge in [-0.25, -0.2) is 0 Å². The first-order valence-electron chi connectivity index (χ1n) is 7.05. The maximum Gasteiger partial charge on any atom is 0.262 e. The Hall–Kier alpha value is -2.11. The Morgan fingerprint density at radius 1 is 1.04 bits per heavy atom. The molecule has 1 amide bonds. The number of aryl methyl sites for hydroxylation is 1. The van der Waals surface area contributed by atoms with Gasteiger partial charge in [0.15, 0.2) is 18.1 Å². The van der Waals surface area contributed by atoms with Crippen LogP contribution in [0.4, 0.5) is 5.69 Å². The van der Waals surface area contributed by atoms with Crippen molar-refractivity contribution >= 4 is 34.8 Å². The highest BCUT2D eigenvalue weighted by molar-refractivity contribution is 6.34. The van der Waals surface area contributed by atoms with Gasteiger partial charge in [-0.3, -0.25) is 4.79 Å². The normalized spacial score (nSPS) is 10.2. The first-order chi connectivity index (χ1) is 11.4. The maximum atomic E-state index is 12.1. The molecule has 24 heavy (non-hydrogen) atoms. The lowest BCUT2D eigenvalue weighted by Gasteiger charge is -2.14. The van der Waals surface area contributed by atoms with Crippen LogP contribution in [0.15, 0.2) is 30.3 Å². The molecule has 7 heteroatoms. The molecule has 0 heterocycles. The molecular weight excluding hydrogens is 353 g/mol. The third-order valence-electron chi connectivity index (χ3n) is 3.26. The van der Waals surface area contributed by atoms with Crippen LogP contribution in [0, 0.1) is 6.92 Å². The van der Waals surface area contributed by atoms with Crippen molar-refractivity contribution in [2.75, 3.05) is 26.1 Å². The number of carbonyl (C=O) groups excluding carboxylic acids is 1. The van der Waals surface area contributed by atoms with Crippen LogP contribution in [0.1, 0.15) is 5.56 Å². The van der Waals surface area contributed by atoms with E-state index >= 15 is 0 Å². The van der Waals surface area contributed by atoms with E-state index in [0.29, 0.717) is 33.0 Å². The molecule has 0 radical (unpaired) electrons. The molecule has 0 aliphatic carbocycles. The Bertz CT molecular complexity index is 750. The summed E-state index contributed by atoms with van der Waals surface area (Å²) in [6.45, 7) is 1.65. The molecule has 0 fully saturated rings. The molecule has 0 aliphatic rings. The van der Waals surface area contributed by atoms with Crippen molar-refractivity contribution in [3.8, 4) is 17.2 Å². The molecule has 0 unspecified atom stereocenters. The number of hydrogen-bond acceptors (Lipinski definition) is 4. The van der Waals surface area contributed by atoms with E-state index in [2.05, 4.69) is 5.32 Å². The second-order valence-electron chi connectivity index (χ2n) is 4.93. The number of ether oxygens (including phenoxy) is 3. The van der Waals surface area contributed by atoms with E-state index in [0.717, 1.165) is 5.56 Å². The standard InChI is InChI=1S/C17H17Cl2NO4/c1-10-6-15(22-2)16(23-3)8-13(10)20-17(21)9-24-14-7-11(18)4-5-12(14)19/h4-8H,9H2,1-3H3,(H,20,21). The number of hydrogen-bond donors (Lipinski definition) is 1. The fraction of sp³-hybridized carbons (Fsp3) is 0.235. The summed E-state index contributed by atoms with van der Waals surface area (Å²) in [5.41, 5.74) is 1.44. The van der Waals surface area contributed by atoms with Crippen LogP contribution in [0.3, 0.4) is 0 Å². The number of amides is 1. The number of rotatable bonds is 6. The summed E-state index contributed by atoms with van der Waals surface area (Å²) >= 11 is 11.9. The Morgan fingerprint density at radius 2 is 1.71 bits per heavy atom. The van der Waals surface area contributed by atoms with Crippen LogP contribution in [0.2, 0.25) is 10.0 Å². The Labute approximate surface area is 150 Å². The maximum absolute atomic E-state index is 12.1. The lowest BCUT2D eigenvalue weighted by molar-refractivity contribution is -0.118. The van der Waals surface area contributed by atoms with Gasteiger partial charge in [0.2, 0.25) is 0 Å². The largest absolute Gasteiger partial charge is 0.493 e. The van der Waals surface area contributed by atoms with E-state index in [-0.39, 0.29) is 12.5 Å². The van der Waals surface area contributed by atoms with Gasteiger partial charge >= 0.3 is 0 Å². The highest BCUT2D eigenvalue weighted by Gasteiger charge is 2.12. The summed E-state index contributed by atoms with van der Waals surface area (Å²) in [7, 11) is 3.08. The van der Waals surface area contributed by atoms with Gasteiger partial charge in [0.25, 0.3) is 5.91 Å². The fourth-order valence-corrected chi connectivity index (χ4v) is 2.37. The molecule has 0 atom stereocenters. The molecule has 0 bridgehead atoms. The molecule has 0 aliphatic heterocycles. The minimum atomic E-state index is -0.332. The van der Waals surface area contributed by atoms with Crippen molar-refractivity contribution in [1.82, 2.24) is 0 Å². The second kappa shape index (κ2) is 8.13. The molecule has 2 rings (SSSR count). The van der Waals surface area contributed by atoms with Crippen LogP contribution in [-0.2, 0) is 4.79 Å². The van der Waals surface area contributed by atoms with Crippen LogP contribution in [0.25, 0.3) is 0 Å². The molecule has 0 saturated carbocycles. The summed E-state index contributed by atoms with van der Waals surface area (Å²) in [5.74, 6) is 1.14. The Balaban J connectivity index is 2.06. The number of methoxy groups -OCH3 is 2. The van der Waals surface area contributed by atoms with E-state index < -0.39 is 0 Å². The van der Waals surface area contributed by atoms with Crippen molar-refractivity contribution in [2.45, 2.75) is 6.92 Å². The average molecular weight is 370 g/mol. The van der Waals surface area contributed by atoms with E-state index in [1.54, 1.807) is 37.4 Å². The number of halogens is 2. The zero-order valence-electron chi connectivity index (χ0n) is 13.5. The van der Waals surface area contributed by atoms with Crippen molar-refractivity contribution in [1.29, 1.82) is 0 Å². The van der Waals surface area contributed by atoms with Crippen molar-refractivity contribution in [3.63, 3.8) is 0 Å². The van der Waals surface area contributed by atoms with Crippen LogP contribution in [0.5, 0.6) is 17.2 Å². The van der Waals surface area contributed by atoms with Crippen LogP contribution in [-0.4, -0.2) is 26.7 Å². The second-order valence-corrected chi connectivity index (χ2v) is 5.78. The van der Waals surface area contributed by atoms with Gasteiger partial charge in [0.1, 0.15) is 5.75 Å². The van der Waals surface area contributed by atoms with E-state index in [1.165, 1.54) is 7.11 Å². The average Bonchev–Trinajstić information content (AvgIpc) is 2.57. The van der Waals surface area contributed by atoms with Gasteiger partial charge in [0, 0.05) is 22.8 Å². The quantitative estimate of drug-likeness (QED) is 0.822. The van der Waals surface area contributed by atoms with E-state index in [1.807, 2.05) is 6.92 Å². The summed E-state index contributed by atoms with van der Waals surface area (Å²) in [4.78, 5) is 12.1. The third-order valence-corrected chi connectivity index (χ3v) is 3.80. The number of anilines is 1. The Morgan fingerprint density at radius 3 is 2.38 bits per heavy atom. The minimum Gasteiger partial charge on any atom is -0.493 e. The summed E-state index contributed by atoms with van der Waals surface area (Å²) < 4.78 is 15.9.